The highest BCUT2D eigenvalue weighted by Crippen LogP contribution is 2.54. The van der Waals surface area contributed by atoms with Crippen molar-refractivity contribution in [2.45, 2.75) is 61.6 Å². The van der Waals surface area contributed by atoms with Crippen molar-refractivity contribution in [3.63, 3.8) is 0 Å². The number of carbonyl (C=O) groups is 1. The molecule has 2 aromatic heterocycles. The van der Waals surface area contributed by atoms with Crippen molar-refractivity contribution in [1.82, 2.24) is 24.8 Å². The quantitative estimate of drug-likeness (QED) is 0.197. The van der Waals surface area contributed by atoms with E-state index in [4.69, 9.17) is 10.5 Å². The van der Waals surface area contributed by atoms with Crippen LogP contribution in [0, 0.1) is 0 Å². The molecule has 194 valence electrons. The monoisotopic (exact) mass is 524 g/mol. The van der Waals surface area contributed by atoms with Crippen molar-refractivity contribution >= 4 is 16.9 Å². The molecule has 4 heterocycles. The van der Waals surface area contributed by atoms with Crippen LogP contribution in [0.5, 0.6) is 0 Å². The minimum Gasteiger partial charge on any atom is -0.342 e. The Kier molecular flexibility index (Phi) is 4.41. The summed E-state index contributed by atoms with van der Waals surface area (Å²) in [6.45, 7) is 0. The van der Waals surface area contributed by atoms with Crippen molar-refractivity contribution < 1.29 is 13.6 Å². The molecule has 2 atom stereocenters. The average molecular weight is 525 g/mol. The van der Waals surface area contributed by atoms with Crippen LogP contribution < -0.4 is 5.32 Å². The van der Waals surface area contributed by atoms with Crippen molar-refractivity contribution in [3.05, 3.63) is 87.6 Å². The van der Waals surface area contributed by atoms with Gasteiger partial charge in [0.2, 0.25) is 5.92 Å². The van der Waals surface area contributed by atoms with Crippen molar-refractivity contribution in [2.24, 2.45) is 5.11 Å². The molecule has 2 aliphatic heterocycles. The summed E-state index contributed by atoms with van der Waals surface area (Å²) >= 11 is 0. The number of hydrogen-bond donors (Lipinski definition) is 1. The highest BCUT2D eigenvalue weighted by molar-refractivity contribution is 5.97. The van der Waals surface area contributed by atoms with Gasteiger partial charge in [0.25, 0.3) is 5.91 Å². The van der Waals surface area contributed by atoms with E-state index in [0.29, 0.717) is 11.5 Å². The lowest BCUT2D eigenvalue weighted by Gasteiger charge is -2.42. The molecule has 1 amide bonds. The third-order valence-corrected chi connectivity index (χ3v) is 8.58. The van der Waals surface area contributed by atoms with Crippen molar-refractivity contribution in [3.8, 4) is 11.1 Å². The first-order valence-electron chi connectivity index (χ1n) is 13.1. The van der Waals surface area contributed by atoms with E-state index >= 15 is 0 Å². The van der Waals surface area contributed by atoms with Gasteiger partial charge in [-0.3, -0.25) is 4.79 Å². The molecular weight excluding hydrogens is 502 g/mol. The lowest BCUT2D eigenvalue weighted by molar-refractivity contribution is -0.127. The van der Waals surface area contributed by atoms with E-state index in [1.165, 1.54) is 5.56 Å². The molecule has 9 nitrogen and oxygen atoms in total. The number of fused-ring (bicyclic) bond motifs is 9. The summed E-state index contributed by atoms with van der Waals surface area (Å²) in [4.78, 5) is 29.5. The van der Waals surface area contributed by atoms with Crippen molar-refractivity contribution in [2.75, 3.05) is 0 Å². The van der Waals surface area contributed by atoms with E-state index in [1.807, 2.05) is 30.3 Å². The molecule has 8 rings (SSSR count). The van der Waals surface area contributed by atoms with Gasteiger partial charge in [-0.1, -0.05) is 23.3 Å². The number of azide groups is 1. The average Bonchev–Trinajstić information content (AvgIpc) is 3.64. The minimum atomic E-state index is -2.89. The van der Waals surface area contributed by atoms with Crippen LogP contribution in [0.15, 0.2) is 53.9 Å². The Bertz CT molecular complexity index is 1750. The zero-order valence-corrected chi connectivity index (χ0v) is 20.7. The van der Waals surface area contributed by atoms with Gasteiger partial charge in [0, 0.05) is 41.3 Å². The Morgan fingerprint density at radius 2 is 1.90 bits per heavy atom. The number of benzene rings is 2. The number of alkyl halides is 2. The van der Waals surface area contributed by atoms with E-state index in [2.05, 4.69) is 35.9 Å². The van der Waals surface area contributed by atoms with Crippen LogP contribution in [0.2, 0.25) is 0 Å². The number of amides is 1. The summed E-state index contributed by atoms with van der Waals surface area (Å²) in [7, 11) is 0. The van der Waals surface area contributed by atoms with Gasteiger partial charge in [-0.15, -0.1) is 0 Å². The second kappa shape index (κ2) is 7.60. The summed E-state index contributed by atoms with van der Waals surface area (Å²) in [5.41, 5.74) is 14.0. The topological polar surface area (TPSA) is 121 Å². The highest BCUT2D eigenvalue weighted by atomic mass is 19.3. The van der Waals surface area contributed by atoms with Gasteiger partial charge >= 0.3 is 0 Å². The standard InChI is InChI=1S/C28H22F2N8O/c29-28(30)12-27(13-28,36-37-31)26-32-10-16(11-33-26)15-6-7-19-21(8-15)38-22-9-20(24(38)34-19)35-25(39)18-3-1-2-17(23(18)22)14-4-5-14/h1-3,6-8,10-11,14,20,22H,4-5,9,12-13H2,(H,35,39)/t20-,22-/m1/s1. The predicted octanol–water partition coefficient (Wildman–Crippen LogP) is 6.08. The molecule has 0 unspecified atom stereocenters. The molecule has 2 fully saturated rings. The van der Waals surface area contributed by atoms with E-state index in [1.54, 1.807) is 12.4 Å². The zero-order chi connectivity index (χ0) is 26.5. The third kappa shape index (κ3) is 3.26. The van der Waals surface area contributed by atoms with E-state index in [0.717, 1.165) is 52.8 Å². The molecule has 39 heavy (non-hydrogen) atoms. The fourth-order valence-electron chi connectivity index (χ4n) is 6.69. The van der Waals surface area contributed by atoms with Gasteiger partial charge in [0.15, 0.2) is 0 Å². The Morgan fingerprint density at radius 3 is 2.62 bits per heavy atom. The Labute approximate surface area is 220 Å². The number of nitrogens with one attached hydrogen (secondary N) is 1. The fourth-order valence-corrected chi connectivity index (χ4v) is 6.69. The summed E-state index contributed by atoms with van der Waals surface area (Å²) in [6, 6.07) is 11.8. The Morgan fingerprint density at radius 1 is 1.10 bits per heavy atom. The molecule has 4 aliphatic rings. The third-order valence-electron chi connectivity index (χ3n) is 8.58. The first-order valence-corrected chi connectivity index (χ1v) is 13.1. The predicted molar refractivity (Wildman–Crippen MR) is 137 cm³/mol. The molecule has 2 saturated carbocycles. The van der Waals surface area contributed by atoms with Gasteiger partial charge < -0.3 is 9.88 Å². The van der Waals surface area contributed by atoms with Gasteiger partial charge in [-0.25, -0.2) is 23.7 Å². The van der Waals surface area contributed by atoms with Gasteiger partial charge in [0.05, 0.1) is 23.1 Å². The van der Waals surface area contributed by atoms with Crippen LogP contribution in [0.1, 0.15) is 83.2 Å². The molecule has 1 N–H and O–H groups in total. The van der Waals surface area contributed by atoms with Gasteiger partial charge in [0.1, 0.15) is 17.2 Å². The summed E-state index contributed by atoms with van der Waals surface area (Å²) in [5, 5.41) is 6.82. The number of imidazole rings is 1. The normalized spacial score (nSPS) is 23.7. The number of halogens is 2. The number of rotatable bonds is 4. The SMILES string of the molecule is [N-]=[N+]=NC1(c2ncc(-c3ccc4nc5n(c4c3)[C@@H]3C[C@H]5NC(=O)c4cccc(C5CC5)c43)cn2)CC(F)(F)C1. The first kappa shape index (κ1) is 22.6. The Hall–Kier alpha value is -4.37. The summed E-state index contributed by atoms with van der Waals surface area (Å²) < 4.78 is 29.6. The lowest BCUT2D eigenvalue weighted by atomic mass is 9.73. The maximum atomic E-state index is 13.6. The lowest BCUT2D eigenvalue weighted by Crippen LogP contribution is -2.48. The molecule has 0 radical (unpaired) electrons. The zero-order valence-electron chi connectivity index (χ0n) is 20.7. The summed E-state index contributed by atoms with van der Waals surface area (Å²) in [6.07, 6.45) is 5.02. The van der Waals surface area contributed by atoms with Crippen LogP contribution >= 0.6 is 0 Å². The van der Waals surface area contributed by atoms with E-state index in [9.17, 15) is 13.6 Å². The first-order chi connectivity index (χ1) is 18.9. The largest absolute Gasteiger partial charge is 0.342 e. The van der Waals surface area contributed by atoms with Gasteiger partial charge in [-0.2, -0.15) is 0 Å². The smallest absolute Gasteiger partial charge is 0.252 e. The van der Waals surface area contributed by atoms with E-state index in [-0.39, 0.29) is 23.8 Å². The maximum absolute atomic E-state index is 13.6. The molecular formula is C28H22F2N8O. The fraction of sp³-hybridized carbons (Fsp3) is 0.357. The second-order valence-corrected chi connectivity index (χ2v) is 11.1. The molecule has 0 saturated heterocycles. The minimum absolute atomic E-state index is 0.00129. The van der Waals surface area contributed by atoms with Gasteiger partial charge in [-0.05, 0) is 65.6 Å². The molecule has 2 aromatic carbocycles. The number of aromatic nitrogens is 4. The second-order valence-electron chi connectivity index (χ2n) is 11.1. The molecule has 2 bridgehead atoms. The summed E-state index contributed by atoms with van der Waals surface area (Å²) in [5.74, 6) is -1.48. The maximum Gasteiger partial charge on any atom is 0.252 e. The van der Waals surface area contributed by atoms with Crippen LogP contribution in [-0.4, -0.2) is 31.3 Å². The van der Waals surface area contributed by atoms with E-state index < -0.39 is 24.3 Å². The van der Waals surface area contributed by atoms with Crippen LogP contribution in [0.25, 0.3) is 32.6 Å². The van der Waals surface area contributed by atoms with Crippen LogP contribution in [-0.2, 0) is 5.54 Å². The number of carbonyl (C=O) groups excluding carboxylic acids is 1. The van der Waals surface area contributed by atoms with Crippen molar-refractivity contribution in [1.29, 1.82) is 0 Å². The number of nitrogens with zero attached hydrogens (tertiary/aromatic N) is 7. The molecule has 11 heteroatoms. The number of hydrogen-bond acceptors (Lipinski definition) is 5. The molecule has 4 aromatic rings. The molecule has 2 aliphatic carbocycles. The molecule has 0 spiro atoms. The highest BCUT2D eigenvalue weighted by Gasteiger charge is 2.59. The van der Waals surface area contributed by atoms with Crippen LogP contribution in [0.4, 0.5) is 8.78 Å². The van der Waals surface area contributed by atoms with Crippen LogP contribution in [0.3, 0.4) is 0 Å². The Balaban J connectivity index is 1.21.